The molecule has 0 saturated carbocycles. The Bertz CT molecular complexity index is 153. The lowest BCUT2D eigenvalue weighted by atomic mass is 10.2. The molecule has 0 aromatic carbocycles. The first-order valence-corrected chi connectivity index (χ1v) is 5.30. The van der Waals surface area contributed by atoms with Gasteiger partial charge in [-0.25, -0.2) is 0 Å². The maximum Gasteiger partial charge on any atom is 0.0908 e. The normalized spacial score (nSPS) is 20.0. The van der Waals surface area contributed by atoms with Gasteiger partial charge in [-0.05, 0) is 19.3 Å². The second-order valence-corrected chi connectivity index (χ2v) is 3.63. The summed E-state index contributed by atoms with van der Waals surface area (Å²) in [7, 11) is 0. The molecule has 1 heterocycles. The molecule has 1 rings (SSSR count). The summed E-state index contributed by atoms with van der Waals surface area (Å²) < 4.78 is 0. The molecular formula is C10H20N2O. The van der Waals surface area contributed by atoms with Gasteiger partial charge in [0.25, 0.3) is 0 Å². The molecule has 0 aliphatic carbocycles. The molecule has 0 amide bonds. The van der Waals surface area contributed by atoms with Gasteiger partial charge in [0.15, 0.2) is 0 Å². The Balaban J connectivity index is 2.13. The number of rotatable bonds is 5. The predicted octanol–water partition coefficient (Wildman–Crippen LogP) is 1.62. The van der Waals surface area contributed by atoms with Crippen LogP contribution in [0.1, 0.15) is 39.0 Å². The number of nitrogens with zero attached hydrogens (tertiary/aromatic N) is 2. The van der Waals surface area contributed by atoms with Crippen LogP contribution in [-0.2, 0) is 0 Å². The van der Waals surface area contributed by atoms with Crippen LogP contribution in [0.3, 0.4) is 0 Å². The molecule has 1 aliphatic heterocycles. The predicted molar refractivity (Wildman–Crippen MR) is 54.8 cm³/mol. The summed E-state index contributed by atoms with van der Waals surface area (Å²) in [6, 6.07) is 0. The minimum atomic E-state index is -0.347. The molecule has 76 valence electrons. The molecule has 1 aliphatic rings. The second kappa shape index (κ2) is 5.97. The van der Waals surface area contributed by atoms with E-state index in [1.165, 1.54) is 12.8 Å². The number of hydrazone groups is 1. The molecule has 1 atom stereocenters. The van der Waals surface area contributed by atoms with E-state index < -0.39 is 0 Å². The van der Waals surface area contributed by atoms with Crippen molar-refractivity contribution < 1.29 is 5.11 Å². The van der Waals surface area contributed by atoms with E-state index in [1.807, 2.05) is 5.01 Å². The van der Waals surface area contributed by atoms with Crippen molar-refractivity contribution in [2.24, 2.45) is 5.10 Å². The Hall–Kier alpha value is -0.570. The third kappa shape index (κ3) is 4.27. The van der Waals surface area contributed by atoms with Gasteiger partial charge in [0.05, 0.1) is 12.3 Å². The van der Waals surface area contributed by atoms with Crippen LogP contribution in [0.15, 0.2) is 5.10 Å². The van der Waals surface area contributed by atoms with Crippen molar-refractivity contribution in [1.29, 1.82) is 0 Å². The summed E-state index contributed by atoms with van der Waals surface area (Å²) in [5.74, 6) is 0. The zero-order chi connectivity index (χ0) is 9.52. The molecule has 3 nitrogen and oxygen atoms in total. The Morgan fingerprint density at radius 3 is 2.77 bits per heavy atom. The quantitative estimate of drug-likeness (QED) is 0.659. The standard InChI is InChI=1S/C10H20N2O/c1-2-3-6-10(13)9-11-12-7-4-5-8-12/h9-10,13H,2-8H2,1H3/b11-9+. The van der Waals surface area contributed by atoms with Crippen molar-refractivity contribution in [3.05, 3.63) is 0 Å². The van der Waals surface area contributed by atoms with Crippen LogP contribution < -0.4 is 0 Å². The van der Waals surface area contributed by atoms with Gasteiger partial charge >= 0.3 is 0 Å². The van der Waals surface area contributed by atoms with Gasteiger partial charge in [0.2, 0.25) is 0 Å². The Morgan fingerprint density at radius 1 is 1.46 bits per heavy atom. The summed E-state index contributed by atoms with van der Waals surface area (Å²) in [6.45, 7) is 4.23. The molecular weight excluding hydrogens is 164 g/mol. The molecule has 1 N–H and O–H groups in total. The average molecular weight is 184 g/mol. The Kier molecular flexibility index (Phi) is 4.83. The summed E-state index contributed by atoms with van der Waals surface area (Å²) in [5, 5.41) is 15.7. The topological polar surface area (TPSA) is 35.8 Å². The molecule has 3 heteroatoms. The van der Waals surface area contributed by atoms with Crippen molar-refractivity contribution >= 4 is 6.21 Å². The van der Waals surface area contributed by atoms with Crippen molar-refractivity contribution in [1.82, 2.24) is 5.01 Å². The number of aliphatic hydroxyl groups is 1. The smallest absolute Gasteiger partial charge is 0.0908 e. The van der Waals surface area contributed by atoms with E-state index >= 15 is 0 Å². The molecule has 1 unspecified atom stereocenters. The van der Waals surface area contributed by atoms with Crippen LogP contribution >= 0.6 is 0 Å². The van der Waals surface area contributed by atoms with E-state index in [9.17, 15) is 5.11 Å². The fourth-order valence-electron chi connectivity index (χ4n) is 1.47. The number of aliphatic hydroxyl groups excluding tert-OH is 1. The highest BCUT2D eigenvalue weighted by Gasteiger charge is 2.08. The van der Waals surface area contributed by atoms with Gasteiger partial charge in [0.1, 0.15) is 0 Å². The average Bonchev–Trinajstić information content (AvgIpc) is 2.64. The summed E-state index contributed by atoms with van der Waals surface area (Å²) in [4.78, 5) is 0. The van der Waals surface area contributed by atoms with Crippen molar-refractivity contribution in [3.63, 3.8) is 0 Å². The van der Waals surface area contributed by atoms with Crippen LogP contribution in [-0.4, -0.2) is 35.5 Å². The molecule has 0 aromatic rings. The molecule has 1 saturated heterocycles. The monoisotopic (exact) mass is 184 g/mol. The first kappa shape index (κ1) is 10.5. The van der Waals surface area contributed by atoms with Gasteiger partial charge in [-0.15, -0.1) is 0 Å². The number of hydrogen-bond acceptors (Lipinski definition) is 3. The molecule has 0 bridgehead atoms. The molecule has 0 aromatic heterocycles. The highest BCUT2D eigenvalue weighted by Crippen LogP contribution is 2.07. The molecule has 0 spiro atoms. The fourth-order valence-corrected chi connectivity index (χ4v) is 1.47. The first-order valence-electron chi connectivity index (χ1n) is 5.30. The number of hydrogen-bond donors (Lipinski definition) is 1. The third-order valence-electron chi connectivity index (χ3n) is 2.34. The Labute approximate surface area is 80.4 Å². The Morgan fingerprint density at radius 2 is 2.15 bits per heavy atom. The van der Waals surface area contributed by atoms with Gasteiger partial charge in [-0.3, -0.25) is 5.01 Å². The SMILES string of the molecule is CCCCC(O)/C=N/N1CCCC1. The largest absolute Gasteiger partial charge is 0.387 e. The zero-order valence-corrected chi connectivity index (χ0v) is 8.45. The lowest BCUT2D eigenvalue weighted by Crippen LogP contribution is -2.15. The zero-order valence-electron chi connectivity index (χ0n) is 8.45. The van der Waals surface area contributed by atoms with Crippen LogP contribution in [0.25, 0.3) is 0 Å². The van der Waals surface area contributed by atoms with E-state index in [-0.39, 0.29) is 6.10 Å². The van der Waals surface area contributed by atoms with Gasteiger partial charge < -0.3 is 5.11 Å². The lowest BCUT2D eigenvalue weighted by Gasteiger charge is -2.10. The van der Waals surface area contributed by atoms with E-state index in [0.29, 0.717) is 0 Å². The van der Waals surface area contributed by atoms with Crippen LogP contribution in [0.5, 0.6) is 0 Å². The van der Waals surface area contributed by atoms with Gasteiger partial charge in [0, 0.05) is 13.1 Å². The highest BCUT2D eigenvalue weighted by molar-refractivity contribution is 5.62. The van der Waals surface area contributed by atoms with E-state index in [0.717, 1.165) is 32.4 Å². The maximum atomic E-state index is 9.46. The van der Waals surface area contributed by atoms with Crippen LogP contribution in [0, 0.1) is 0 Å². The third-order valence-corrected chi connectivity index (χ3v) is 2.34. The van der Waals surface area contributed by atoms with E-state index in [1.54, 1.807) is 6.21 Å². The molecule has 0 radical (unpaired) electrons. The van der Waals surface area contributed by atoms with Crippen LogP contribution in [0.2, 0.25) is 0 Å². The highest BCUT2D eigenvalue weighted by atomic mass is 16.3. The van der Waals surface area contributed by atoms with Gasteiger partial charge in [-0.2, -0.15) is 5.10 Å². The van der Waals surface area contributed by atoms with Crippen molar-refractivity contribution in [2.45, 2.75) is 45.1 Å². The van der Waals surface area contributed by atoms with Crippen molar-refractivity contribution in [3.8, 4) is 0 Å². The van der Waals surface area contributed by atoms with Crippen molar-refractivity contribution in [2.75, 3.05) is 13.1 Å². The summed E-state index contributed by atoms with van der Waals surface area (Å²) in [6.07, 6.45) is 6.86. The maximum absolute atomic E-state index is 9.46. The summed E-state index contributed by atoms with van der Waals surface area (Å²) >= 11 is 0. The minimum absolute atomic E-state index is 0.347. The fraction of sp³-hybridized carbons (Fsp3) is 0.900. The second-order valence-electron chi connectivity index (χ2n) is 3.63. The van der Waals surface area contributed by atoms with E-state index in [2.05, 4.69) is 12.0 Å². The van der Waals surface area contributed by atoms with Crippen LogP contribution in [0.4, 0.5) is 0 Å². The molecule has 1 fully saturated rings. The minimum Gasteiger partial charge on any atom is -0.387 e. The number of unbranched alkanes of at least 4 members (excludes halogenated alkanes) is 1. The molecule has 13 heavy (non-hydrogen) atoms. The van der Waals surface area contributed by atoms with Gasteiger partial charge in [-0.1, -0.05) is 19.8 Å². The van der Waals surface area contributed by atoms with E-state index in [4.69, 9.17) is 0 Å². The first-order chi connectivity index (χ1) is 6.33. The summed E-state index contributed by atoms with van der Waals surface area (Å²) in [5.41, 5.74) is 0. The lowest BCUT2D eigenvalue weighted by molar-refractivity contribution is 0.227.